The lowest BCUT2D eigenvalue weighted by Crippen LogP contribution is -2.52. The van der Waals surface area contributed by atoms with Gasteiger partial charge >= 0.3 is 0 Å². The molecule has 0 aliphatic carbocycles. The summed E-state index contributed by atoms with van der Waals surface area (Å²) in [5.74, 6) is 0.693. The van der Waals surface area contributed by atoms with Gasteiger partial charge in [0, 0.05) is 35.8 Å². The summed E-state index contributed by atoms with van der Waals surface area (Å²) < 4.78 is 1.15. The van der Waals surface area contributed by atoms with E-state index in [1.54, 1.807) is 0 Å². The lowest BCUT2D eigenvalue weighted by atomic mass is 10.0. The first-order valence-electron chi connectivity index (χ1n) is 5.90. The van der Waals surface area contributed by atoms with Crippen molar-refractivity contribution in [1.82, 2.24) is 5.32 Å². The average Bonchev–Trinajstić information content (AvgIpc) is 2.30. The summed E-state index contributed by atoms with van der Waals surface area (Å²) in [6.07, 6.45) is 0. The zero-order valence-corrected chi connectivity index (χ0v) is 11.5. The fourth-order valence-corrected chi connectivity index (χ4v) is 2.38. The maximum absolute atomic E-state index is 3.58. The Bertz CT molecular complexity index is 334. The van der Waals surface area contributed by atoms with Crippen molar-refractivity contribution in [3.05, 3.63) is 28.7 Å². The Labute approximate surface area is 106 Å². The van der Waals surface area contributed by atoms with E-state index < -0.39 is 0 Å². The predicted octanol–water partition coefficient (Wildman–Crippen LogP) is 2.88. The molecular weight excluding hydrogens is 264 g/mol. The van der Waals surface area contributed by atoms with E-state index in [2.05, 4.69) is 64.3 Å². The topological polar surface area (TPSA) is 15.3 Å². The molecule has 88 valence electrons. The number of nitrogens with one attached hydrogen (secondary N) is 1. The normalized spacial score (nSPS) is 21.5. The van der Waals surface area contributed by atoms with E-state index in [-0.39, 0.29) is 0 Å². The minimum atomic E-state index is 0.609. The number of rotatable bonds is 2. The molecule has 2 nitrogen and oxygen atoms in total. The molecule has 1 aromatic carbocycles. The molecule has 1 fully saturated rings. The van der Waals surface area contributed by atoms with Gasteiger partial charge in [-0.15, -0.1) is 0 Å². The van der Waals surface area contributed by atoms with Crippen LogP contribution >= 0.6 is 15.9 Å². The molecule has 1 unspecified atom stereocenters. The van der Waals surface area contributed by atoms with Crippen molar-refractivity contribution in [3.63, 3.8) is 0 Å². The Kier molecular flexibility index (Phi) is 3.87. The van der Waals surface area contributed by atoms with Crippen molar-refractivity contribution >= 4 is 21.6 Å². The van der Waals surface area contributed by atoms with Crippen molar-refractivity contribution in [2.24, 2.45) is 5.92 Å². The van der Waals surface area contributed by atoms with Gasteiger partial charge in [0.15, 0.2) is 0 Å². The third-order valence-electron chi connectivity index (χ3n) is 3.20. The van der Waals surface area contributed by atoms with Crippen molar-refractivity contribution in [2.75, 3.05) is 24.5 Å². The molecule has 3 heteroatoms. The Morgan fingerprint density at radius 2 is 2.00 bits per heavy atom. The lowest BCUT2D eigenvalue weighted by Gasteiger charge is -2.37. The summed E-state index contributed by atoms with van der Waals surface area (Å²) in [6, 6.07) is 9.21. The maximum atomic E-state index is 3.58. The molecule has 1 N–H and O–H groups in total. The van der Waals surface area contributed by atoms with Gasteiger partial charge in [0.25, 0.3) is 0 Å². The van der Waals surface area contributed by atoms with Crippen LogP contribution in [0.15, 0.2) is 28.7 Å². The molecule has 0 saturated carbocycles. The molecule has 0 radical (unpaired) electrons. The van der Waals surface area contributed by atoms with Gasteiger partial charge in [0.2, 0.25) is 0 Å². The van der Waals surface area contributed by atoms with Crippen LogP contribution in [0.5, 0.6) is 0 Å². The van der Waals surface area contributed by atoms with Gasteiger partial charge in [-0.05, 0) is 30.2 Å². The number of piperazine rings is 1. The van der Waals surface area contributed by atoms with Gasteiger partial charge in [-0.1, -0.05) is 29.8 Å². The first-order valence-corrected chi connectivity index (χ1v) is 6.70. The fourth-order valence-electron chi connectivity index (χ4n) is 2.11. The van der Waals surface area contributed by atoms with Crippen LogP contribution in [-0.2, 0) is 0 Å². The third kappa shape index (κ3) is 2.77. The Balaban J connectivity index is 2.06. The highest BCUT2D eigenvalue weighted by Crippen LogP contribution is 2.20. The minimum absolute atomic E-state index is 0.609. The fraction of sp³-hybridized carbons (Fsp3) is 0.538. The molecule has 0 aromatic heterocycles. The standard InChI is InChI=1S/C13H19BrN2/c1-10(2)13-9-16(8-7-15-13)12-5-3-11(14)4-6-12/h3-6,10,13,15H,7-9H2,1-2H3. The molecule has 1 aromatic rings. The molecule has 1 aliphatic heterocycles. The lowest BCUT2D eigenvalue weighted by molar-refractivity contribution is 0.368. The zero-order chi connectivity index (χ0) is 11.5. The third-order valence-corrected chi connectivity index (χ3v) is 3.73. The van der Waals surface area contributed by atoms with Crippen molar-refractivity contribution in [3.8, 4) is 0 Å². The van der Waals surface area contributed by atoms with Crippen LogP contribution in [0.2, 0.25) is 0 Å². The monoisotopic (exact) mass is 282 g/mol. The number of benzene rings is 1. The van der Waals surface area contributed by atoms with Crippen LogP contribution in [0, 0.1) is 5.92 Å². The maximum Gasteiger partial charge on any atom is 0.0367 e. The molecule has 1 heterocycles. The van der Waals surface area contributed by atoms with Crippen LogP contribution < -0.4 is 10.2 Å². The predicted molar refractivity (Wildman–Crippen MR) is 73.0 cm³/mol. The number of nitrogens with zero attached hydrogens (tertiary/aromatic N) is 1. The minimum Gasteiger partial charge on any atom is -0.369 e. The Hall–Kier alpha value is -0.540. The highest BCUT2D eigenvalue weighted by atomic mass is 79.9. The van der Waals surface area contributed by atoms with E-state index in [9.17, 15) is 0 Å². The van der Waals surface area contributed by atoms with Gasteiger partial charge in [-0.3, -0.25) is 0 Å². The summed E-state index contributed by atoms with van der Waals surface area (Å²) in [5.41, 5.74) is 1.33. The average molecular weight is 283 g/mol. The highest BCUT2D eigenvalue weighted by Gasteiger charge is 2.21. The molecule has 1 aliphatic rings. The van der Waals surface area contributed by atoms with Crippen molar-refractivity contribution in [2.45, 2.75) is 19.9 Å². The summed E-state index contributed by atoms with van der Waals surface area (Å²) in [4.78, 5) is 2.47. The highest BCUT2D eigenvalue weighted by molar-refractivity contribution is 9.10. The van der Waals surface area contributed by atoms with E-state index in [0.29, 0.717) is 12.0 Å². The summed E-state index contributed by atoms with van der Waals surface area (Å²) in [5, 5.41) is 3.58. The van der Waals surface area contributed by atoms with Gasteiger partial charge in [-0.2, -0.15) is 0 Å². The first kappa shape index (κ1) is 11.9. The summed E-state index contributed by atoms with van der Waals surface area (Å²) in [7, 11) is 0. The molecular formula is C13H19BrN2. The van der Waals surface area contributed by atoms with Crippen LogP contribution in [0.25, 0.3) is 0 Å². The van der Waals surface area contributed by atoms with E-state index in [4.69, 9.17) is 0 Å². The van der Waals surface area contributed by atoms with Gasteiger partial charge < -0.3 is 10.2 Å². The van der Waals surface area contributed by atoms with E-state index in [1.807, 2.05) is 0 Å². The van der Waals surface area contributed by atoms with Gasteiger partial charge in [0.1, 0.15) is 0 Å². The SMILES string of the molecule is CC(C)C1CN(c2ccc(Br)cc2)CCN1. The van der Waals surface area contributed by atoms with Crippen LogP contribution in [0.4, 0.5) is 5.69 Å². The molecule has 1 atom stereocenters. The second-order valence-corrected chi connectivity index (χ2v) is 5.64. The van der Waals surface area contributed by atoms with E-state index >= 15 is 0 Å². The molecule has 0 amide bonds. The van der Waals surface area contributed by atoms with Crippen LogP contribution in [0.1, 0.15) is 13.8 Å². The summed E-state index contributed by atoms with van der Waals surface area (Å²) >= 11 is 3.47. The molecule has 2 rings (SSSR count). The van der Waals surface area contributed by atoms with Crippen LogP contribution in [0.3, 0.4) is 0 Å². The number of halogens is 1. The van der Waals surface area contributed by atoms with E-state index in [0.717, 1.165) is 24.1 Å². The van der Waals surface area contributed by atoms with Crippen molar-refractivity contribution in [1.29, 1.82) is 0 Å². The van der Waals surface area contributed by atoms with Gasteiger partial charge in [0.05, 0.1) is 0 Å². The quantitative estimate of drug-likeness (QED) is 0.898. The summed E-state index contributed by atoms with van der Waals surface area (Å²) in [6.45, 7) is 7.86. The number of anilines is 1. The smallest absolute Gasteiger partial charge is 0.0367 e. The number of hydrogen-bond acceptors (Lipinski definition) is 2. The van der Waals surface area contributed by atoms with Gasteiger partial charge in [-0.25, -0.2) is 0 Å². The number of hydrogen-bond donors (Lipinski definition) is 1. The van der Waals surface area contributed by atoms with Crippen LogP contribution in [-0.4, -0.2) is 25.7 Å². The molecule has 0 spiro atoms. The largest absolute Gasteiger partial charge is 0.369 e. The molecule has 0 bridgehead atoms. The molecule has 16 heavy (non-hydrogen) atoms. The zero-order valence-electron chi connectivity index (χ0n) is 9.91. The Morgan fingerprint density at radius 1 is 1.31 bits per heavy atom. The second kappa shape index (κ2) is 5.19. The van der Waals surface area contributed by atoms with Crippen molar-refractivity contribution < 1.29 is 0 Å². The molecule has 1 saturated heterocycles. The second-order valence-electron chi connectivity index (χ2n) is 4.73. The van der Waals surface area contributed by atoms with E-state index in [1.165, 1.54) is 5.69 Å². The Morgan fingerprint density at radius 3 is 2.62 bits per heavy atom. The first-order chi connectivity index (χ1) is 7.66.